The number of hydrogen-bond acceptors (Lipinski definition) is 10. The number of fused-ring (bicyclic) bond motifs is 1. The van der Waals surface area contributed by atoms with E-state index in [1.54, 1.807) is 12.3 Å². The summed E-state index contributed by atoms with van der Waals surface area (Å²) in [7, 11) is 3.26. The molecule has 6 heterocycles. The van der Waals surface area contributed by atoms with E-state index in [2.05, 4.69) is 30.1 Å². The van der Waals surface area contributed by atoms with E-state index in [0.29, 0.717) is 23.4 Å². The van der Waals surface area contributed by atoms with Gasteiger partial charge in [-0.25, -0.2) is 18.7 Å². The van der Waals surface area contributed by atoms with Gasteiger partial charge in [0.25, 0.3) is 0 Å². The summed E-state index contributed by atoms with van der Waals surface area (Å²) in [5.74, 6) is -0.663. The maximum Gasteiger partial charge on any atom is 0.417 e. The lowest BCUT2D eigenvalue weighted by molar-refractivity contribution is -0.137. The number of aromatic amines is 1. The summed E-state index contributed by atoms with van der Waals surface area (Å²) in [5, 5.41) is 6.69. The Hall–Kier alpha value is -4.86. The number of nitrogens with one attached hydrogen (secondary N) is 1. The molecule has 3 atom stereocenters. The predicted molar refractivity (Wildman–Crippen MR) is 170 cm³/mol. The second-order valence-corrected chi connectivity index (χ2v) is 12.0. The zero-order chi connectivity index (χ0) is 34.5. The Morgan fingerprint density at radius 2 is 1.98 bits per heavy atom. The van der Waals surface area contributed by atoms with Crippen molar-refractivity contribution in [2.24, 2.45) is 0 Å². The van der Waals surface area contributed by atoms with E-state index in [0.717, 1.165) is 13.0 Å². The Balaban J connectivity index is 0.000000510. The zero-order valence-corrected chi connectivity index (χ0v) is 26.9. The number of alkyl halides is 4. The highest BCUT2D eigenvalue weighted by atomic mass is 19.4. The molecule has 7 rings (SSSR count). The first-order chi connectivity index (χ1) is 22.8. The summed E-state index contributed by atoms with van der Waals surface area (Å²) in [5.41, 5.74) is 4.65. The fourth-order valence-electron chi connectivity index (χ4n) is 6.36. The van der Waals surface area contributed by atoms with Gasteiger partial charge in [0.05, 0.1) is 36.5 Å². The summed E-state index contributed by atoms with van der Waals surface area (Å²) < 4.78 is 83.3. The van der Waals surface area contributed by atoms with Crippen molar-refractivity contribution in [3.8, 4) is 23.1 Å². The molecule has 0 radical (unpaired) electrons. The van der Waals surface area contributed by atoms with Gasteiger partial charge in [-0.1, -0.05) is 6.07 Å². The number of likely N-dealkylation sites (tertiary alicyclic amines) is 1. The molecule has 1 fully saturated rings. The van der Waals surface area contributed by atoms with Crippen LogP contribution in [-0.4, -0.2) is 81.1 Å². The highest BCUT2D eigenvalue weighted by Crippen LogP contribution is 2.47. The Morgan fingerprint density at radius 3 is 2.60 bits per heavy atom. The maximum atomic E-state index is 16.6. The minimum atomic E-state index is -4.82. The van der Waals surface area contributed by atoms with Crippen LogP contribution in [0.25, 0.3) is 33.1 Å². The monoisotopic (exact) mass is 671 g/mol. The van der Waals surface area contributed by atoms with Gasteiger partial charge in [-0.15, -0.1) is 0 Å². The Morgan fingerprint density at radius 1 is 1.21 bits per heavy atom. The number of nitrogens with zero attached hydrogens (tertiary/aromatic N) is 7. The molecule has 3 N–H and O–H groups in total. The fraction of sp³-hybridized carbons (Fsp3) is 0.406. The lowest BCUT2D eigenvalue weighted by atomic mass is 9.94. The molecule has 0 spiro atoms. The number of methoxy groups -OCH3 is 1. The highest BCUT2D eigenvalue weighted by Gasteiger charge is 2.40. The third-order valence-electron chi connectivity index (χ3n) is 8.61. The van der Waals surface area contributed by atoms with Crippen molar-refractivity contribution in [2.75, 3.05) is 44.5 Å². The third kappa shape index (κ3) is 5.88. The molecule has 4 aromatic heterocycles. The summed E-state index contributed by atoms with van der Waals surface area (Å²) in [6.45, 7) is 6.67. The molecule has 48 heavy (non-hydrogen) atoms. The molecule has 0 bridgehead atoms. The van der Waals surface area contributed by atoms with E-state index in [9.17, 15) is 17.6 Å². The average Bonchev–Trinajstić information content (AvgIpc) is 3.63. The van der Waals surface area contributed by atoms with Crippen LogP contribution in [0.3, 0.4) is 0 Å². The largest absolute Gasteiger partial charge is 0.475 e. The van der Waals surface area contributed by atoms with Crippen molar-refractivity contribution in [1.29, 1.82) is 0 Å². The first-order valence-corrected chi connectivity index (χ1v) is 15.2. The van der Waals surface area contributed by atoms with Gasteiger partial charge in [-0.3, -0.25) is 5.10 Å². The van der Waals surface area contributed by atoms with E-state index in [-0.39, 0.29) is 52.2 Å². The minimum absolute atomic E-state index is 0.0476. The molecule has 1 saturated heterocycles. The Bertz CT molecular complexity index is 1980. The van der Waals surface area contributed by atoms with Crippen LogP contribution in [0, 0.1) is 12.7 Å². The fourth-order valence-corrected chi connectivity index (χ4v) is 6.36. The molecule has 0 aliphatic carbocycles. The van der Waals surface area contributed by atoms with E-state index < -0.39 is 41.0 Å². The van der Waals surface area contributed by atoms with Crippen LogP contribution in [0.5, 0.6) is 11.9 Å². The maximum absolute atomic E-state index is 16.6. The van der Waals surface area contributed by atoms with Crippen LogP contribution in [0.15, 0.2) is 30.6 Å². The van der Waals surface area contributed by atoms with Gasteiger partial charge in [-0.2, -0.15) is 28.2 Å². The highest BCUT2D eigenvalue weighted by molar-refractivity contribution is 6.02. The van der Waals surface area contributed by atoms with Crippen LogP contribution in [0.2, 0.25) is 0 Å². The predicted octanol–water partition coefficient (Wildman–Crippen LogP) is 6.03. The summed E-state index contributed by atoms with van der Waals surface area (Å²) in [6, 6.07) is 3.91. The van der Waals surface area contributed by atoms with Crippen molar-refractivity contribution >= 4 is 33.4 Å². The second kappa shape index (κ2) is 12.6. The number of ether oxygens (including phenoxy) is 2. The van der Waals surface area contributed by atoms with Crippen LogP contribution in [0.4, 0.5) is 33.6 Å². The van der Waals surface area contributed by atoms with Crippen LogP contribution in [0.1, 0.15) is 43.0 Å². The zero-order valence-electron chi connectivity index (χ0n) is 26.9. The number of benzene rings is 1. The van der Waals surface area contributed by atoms with E-state index >= 15 is 4.39 Å². The van der Waals surface area contributed by atoms with Gasteiger partial charge < -0.3 is 25.0 Å². The summed E-state index contributed by atoms with van der Waals surface area (Å²) >= 11 is 0. The molecule has 2 aliphatic rings. The molecule has 254 valence electrons. The first-order valence-electron chi connectivity index (χ1n) is 15.2. The van der Waals surface area contributed by atoms with E-state index in [4.69, 9.17) is 15.2 Å². The van der Waals surface area contributed by atoms with Gasteiger partial charge in [0.1, 0.15) is 41.0 Å². The van der Waals surface area contributed by atoms with Gasteiger partial charge in [0.2, 0.25) is 5.88 Å². The number of rotatable bonds is 4. The minimum Gasteiger partial charge on any atom is -0.475 e. The second-order valence-electron chi connectivity index (χ2n) is 12.0. The van der Waals surface area contributed by atoms with Crippen molar-refractivity contribution in [1.82, 2.24) is 35.0 Å². The number of aryl methyl sites for hydroxylation is 1. The number of nitrogen functional groups attached to an aromatic ring is 1. The summed E-state index contributed by atoms with van der Waals surface area (Å²) in [6.07, 6.45) is -1.86. The standard InChI is InChI=1S/C27H24F4N8O2.C5H10FN/c1-11-8-16-15(9-34-38-16)17(19(11)27(29,30)31)21-20(28)22-18-24(37-26(36-22)40-4)39(12(2)10-41-25(18)35-21)13(3)14-6-5-7-33-23(14)32;1-7-3-2-5(6)4-7/h5-9,12-13H,10H2,1-4H3,(H2,32,33)(H,34,38);5H,2-4H2,1H3/t12-,13?;/m0./s1. The van der Waals surface area contributed by atoms with Crippen LogP contribution >= 0.6 is 0 Å². The number of halogens is 5. The molecule has 2 unspecified atom stereocenters. The van der Waals surface area contributed by atoms with E-state index in [1.165, 1.54) is 26.3 Å². The van der Waals surface area contributed by atoms with Crippen molar-refractivity contribution in [3.63, 3.8) is 0 Å². The van der Waals surface area contributed by atoms with Gasteiger partial charge in [-0.05, 0) is 51.9 Å². The van der Waals surface area contributed by atoms with E-state index in [1.807, 2.05) is 36.8 Å². The first kappa shape index (κ1) is 33.1. The summed E-state index contributed by atoms with van der Waals surface area (Å²) in [4.78, 5) is 21.1. The van der Waals surface area contributed by atoms with Crippen molar-refractivity contribution in [3.05, 3.63) is 53.1 Å². The molecular formula is C32H34F5N9O2. The molecule has 11 nitrogen and oxygen atoms in total. The molecule has 1 aromatic carbocycles. The lowest BCUT2D eigenvalue weighted by Crippen LogP contribution is -2.39. The van der Waals surface area contributed by atoms with Crippen molar-refractivity contribution < 1.29 is 31.4 Å². The third-order valence-corrected chi connectivity index (χ3v) is 8.61. The molecule has 5 aromatic rings. The number of anilines is 2. The molecule has 0 saturated carbocycles. The molecule has 2 aliphatic heterocycles. The number of nitrogens with two attached hydrogens (primary N) is 1. The number of H-pyrrole nitrogens is 1. The van der Waals surface area contributed by atoms with Gasteiger partial charge in [0.15, 0.2) is 5.82 Å². The smallest absolute Gasteiger partial charge is 0.417 e. The number of hydrogen-bond donors (Lipinski definition) is 2. The van der Waals surface area contributed by atoms with Crippen LogP contribution < -0.4 is 20.1 Å². The molecule has 0 amide bonds. The van der Waals surface area contributed by atoms with Gasteiger partial charge in [0, 0.05) is 35.8 Å². The Labute approximate surface area is 272 Å². The topological polar surface area (TPSA) is 131 Å². The molecule has 16 heteroatoms. The SMILES string of the molecule is CN1CCC(F)C1.COc1nc2c3c(nc(-c4c(C(F)(F)F)c(C)cc5[nH]ncc45)c(F)c3n1)OC[C@H](C)N2C(C)c1cccnc1N. The normalized spacial score (nSPS) is 18.8. The number of aromatic nitrogens is 6. The number of pyridine rings is 2. The van der Waals surface area contributed by atoms with Crippen LogP contribution in [-0.2, 0) is 6.18 Å². The quantitative estimate of drug-likeness (QED) is 0.219. The van der Waals surface area contributed by atoms with Crippen molar-refractivity contribution in [2.45, 2.75) is 51.6 Å². The Kier molecular flexibility index (Phi) is 8.70. The molecular weight excluding hydrogens is 637 g/mol. The van der Waals surface area contributed by atoms with Gasteiger partial charge >= 0.3 is 12.2 Å². The lowest BCUT2D eigenvalue weighted by Gasteiger charge is -2.34. The average molecular weight is 672 g/mol.